The minimum Gasteiger partial charge on any atom is -0.493 e. The second-order valence-electron chi connectivity index (χ2n) is 8.68. The van der Waals surface area contributed by atoms with Gasteiger partial charge in [0.2, 0.25) is 5.62 Å². The predicted octanol–water partition coefficient (Wildman–Crippen LogP) is 5.44. The van der Waals surface area contributed by atoms with E-state index in [1.807, 2.05) is 67.2 Å². The molecule has 35 heavy (non-hydrogen) atoms. The van der Waals surface area contributed by atoms with Crippen molar-refractivity contribution in [3.05, 3.63) is 94.5 Å². The van der Waals surface area contributed by atoms with E-state index in [-0.39, 0.29) is 0 Å². The molecule has 4 aromatic rings. The number of methoxy groups -OCH3 is 2. The highest BCUT2D eigenvalue weighted by molar-refractivity contribution is 5.64. The lowest BCUT2D eigenvalue weighted by Crippen LogP contribution is -2.38. The van der Waals surface area contributed by atoms with Gasteiger partial charge < -0.3 is 14.0 Å². The normalized spacial score (nSPS) is 12.2. The van der Waals surface area contributed by atoms with E-state index in [1.165, 1.54) is 5.56 Å². The number of nitrogens with zero attached hydrogens (tertiary/aromatic N) is 4. The first kappa shape index (κ1) is 24.1. The first-order valence-electron chi connectivity index (χ1n) is 11.5. The summed E-state index contributed by atoms with van der Waals surface area (Å²) in [4.78, 5) is 10.1. The molecular weight excluding hydrogens is 436 g/mol. The largest absolute Gasteiger partial charge is 0.493 e. The maximum atomic E-state index is 5.57. The van der Waals surface area contributed by atoms with Crippen LogP contribution in [0, 0.1) is 20.8 Å². The van der Waals surface area contributed by atoms with E-state index in [9.17, 15) is 0 Å². The van der Waals surface area contributed by atoms with E-state index in [0.29, 0.717) is 11.5 Å². The van der Waals surface area contributed by atoms with Crippen LogP contribution in [0.5, 0.6) is 11.5 Å². The molecule has 1 aromatic heterocycles. The van der Waals surface area contributed by atoms with Crippen LogP contribution < -0.4 is 20.6 Å². The summed E-state index contributed by atoms with van der Waals surface area (Å²) < 4.78 is 15.1. The van der Waals surface area contributed by atoms with Crippen molar-refractivity contribution in [1.82, 2.24) is 9.13 Å². The van der Waals surface area contributed by atoms with Gasteiger partial charge in [-0.2, -0.15) is 0 Å². The van der Waals surface area contributed by atoms with E-state index in [4.69, 9.17) is 19.5 Å². The zero-order chi connectivity index (χ0) is 25.1. The number of rotatable bonds is 5. The van der Waals surface area contributed by atoms with Gasteiger partial charge in [-0.1, -0.05) is 35.9 Å². The maximum Gasteiger partial charge on any atom is 0.211 e. The van der Waals surface area contributed by atoms with E-state index in [2.05, 4.69) is 43.5 Å². The minimum atomic E-state index is 0.670. The van der Waals surface area contributed by atoms with Gasteiger partial charge in [-0.15, -0.1) is 0 Å². The van der Waals surface area contributed by atoms with Crippen molar-refractivity contribution in [3.8, 4) is 22.8 Å². The molecule has 0 atom stereocenters. The monoisotopic (exact) mass is 468 g/mol. The van der Waals surface area contributed by atoms with E-state index in [0.717, 1.165) is 44.9 Å². The summed E-state index contributed by atoms with van der Waals surface area (Å²) in [5.41, 5.74) is 8.87. The third-order valence-electron chi connectivity index (χ3n) is 6.10. The van der Waals surface area contributed by atoms with E-state index >= 15 is 0 Å². The molecule has 3 aromatic carbocycles. The molecule has 0 fully saturated rings. The Balaban J connectivity index is 2.07. The Morgan fingerprint density at radius 2 is 1.34 bits per heavy atom. The fourth-order valence-electron chi connectivity index (χ4n) is 4.36. The molecule has 0 aliphatic carbocycles. The molecule has 1 heterocycles. The molecule has 0 aliphatic heterocycles. The number of benzene rings is 3. The molecule has 0 saturated carbocycles. The zero-order valence-corrected chi connectivity index (χ0v) is 21.5. The van der Waals surface area contributed by atoms with E-state index < -0.39 is 0 Å². The molecule has 6 nitrogen and oxygen atoms in total. The summed E-state index contributed by atoms with van der Waals surface area (Å²) in [5.74, 6) is 1.36. The average Bonchev–Trinajstić information content (AvgIpc) is 2.85. The highest BCUT2D eigenvalue weighted by atomic mass is 16.5. The number of ether oxygens (including phenoxy) is 2. The molecular formula is C29H32N4O2. The van der Waals surface area contributed by atoms with Crippen LogP contribution in [0.1, 0.15) is 16.7 Å². The lowest BCUT2D eigenvalue weighted by atomic mass is 10.1. The number of hydrogen-bond acceptors (Lipinski definition) is 4. The third-order valence-corrected chi connectivity index (χ3v) is 6.10. The molecule has 6 heteroatoms. The Labute approximate surface area is 206 Å². The Morgan fingerprint density at radius 3 is 1.97 bits per heavy atom. The number of hydrogen-bond donors (Lipinski definition) is 0. The van der Waals surface area contributed by atoms with Crippen molar-refractivity contribution in [1.29, 1.82) is 0 Å². The Morgan fingerprint density at radius 1 is 0.686 bits per heavy atom. The summed E-state index contributed by atoms with van der Waals surface area (Å²) in [7, 11) is 7.30. The number of aryl methyl sites for hydroxylation is 3. The molecule has 4 rings (SSSR count). The standard InChI is InChI=1S/C29H32N4O2/c1-19-15-20(2)28(21(3)16-19)31-27-18-24(22-13-14-25(34-6)26(17-22)35-7)32(4)29(33(27)5)30-23-11-9-8-10-12-23/h8-18H,1-7H3/b30-29+,31-27-. The quantitative estimate of drug-likeness (QED) is 0.392. The van der Waals surface area contributed by atoms with Gasteiger partial charge in [0.1, 0.15) is 5.49 Å². The van der Waals surface area contributed by atoms with Gasteiger partial charge in [0.05, 0.1) is 31.3 Å². The van der Waals surface area contributed by atoms with Crippen molar-refractivity contribution >= 4 is 11.4 Å². The minimum absolute atomic E-state index is 0.670. The van der Waals surface area contributed by atoms with E-state index in [1.54, 1.807) is 14.2 Å². The molecule has 0 bridgehead atoms. The summed E-state index contributed by atoms with van der Waals surface area (Å²) in [6.45, 7) is 6.32. The number of aromatic nitrogens is 2. The van der Waals surface area contributed by atoms with Crippen molar-refractivity contribution in [3.63, 3.8) is 0 Å². The van der Waals surface area contributed by atoms with Crippen molar-refractivity contribution in [2.75, 3.05) is 14.2 Å². The molecule has 180 valence electrons. The van der Waals surface area contributed by atoms with Crippen molar-refractivity contribution in [2.24, 2.45) is 24.1 Å². The zero-order valence-electron chi connectivity index (χ0n) is 21.5. The van der Waals surface area contributed by atoms with Crippen LogP contribution in [0.3, 0.4) is 0 Å². The molecule has 0 spiro atoms. The summed E-state index contributed by atoms with van der Waals surface area (Å²) in [5, 5.41) is 0. The number of para-hydroxylation sites is 1. The summed E-state index contributed by atoms with van der Waals surface area (Å²) in [6, 6.07) is 22.3. The van der Waals surface area contributed by atoms with Crippen LogP contribution in [-0.4, -0.2) is 23.4 Å². The Hall–Kier alpha value is -4.06. The molecule has 0 unspecified atom stereocenters. The predicted molar refractivity (Wildman–Crippen MR) is 140 cm³/mol. The SMILES string of the molecule is COc1ccc(-c2c/c(=N/c3c(C)cc(C)cc3C)n(C)/c(=N/c3ccccc3)n2C)cc1OC. The maximum absolute atomic E-state index is 5.57. The summed E-state index contributed by atoms with van der Waals surface area (Å²) in [6.07, 6.45) is 0. The second kappa shape index (κ2) is 10.1. The second-order valence-corrected chi connectivity index (χ2v) is 8.68. The molecule has 0 aliphatic rings. The lowest BCUT2D eigenvalue weighted by molar-refractivity contribution is 0.355. The van der Waals surface area contributed by atoms with Gasteiger partial charge >= 0.3 is 0 Å². The van der Waals surface area contributed by atoms with Gasteiger partial charge in [-0.25, -0.2) is 9.98 Å². The van der Waals surface area contributed by atoms with Gasteiger partial charge in [0, 0.05) is 25.7 Å². The lowest BCUT2D eigenvalue weighted by Gasteiger charge is -2.16. The van der Waals surface area contributed by atoms with Crippen LogP contribution in [-0.2, 0) is 14.1 Å². The van der Waals surface area contributed by atoms with Gasteiger partial charge in [-0.3, -0.25) is 4.57 Å². The highest BCUT2D eigenvalue weighted by Gasteiger charge is 2.12. The first-order valence-corrected chi connectivity index (χ1v) is 11.5. The van der Waals surface area contributed by atoms with Crippen LogP contribution in [0.15, 0.2) is 76.7 Å². The third kappa shape index (κ3) is 4.92. The van der Waals surface area contributed by atoms with Gasteiger partial charge in [-0.05, 0) is 62.2 Å². The summed E-state index contributed by atoms with van der Waals surface area (Å²) >= 11 is 0. The van der Waals surface area contributed by atoms with Crippen molar-refractivity contribution < 1.29 is 9.47 Å². The Bertz CT molecular complexity index is 1490. The van der Waals surface area contributed by atoms with Gasteiger partial charge in [0.25, 0.3) is 0 Å². The van der Waals surface area contributed by atoms with Gasteiger partial charge in [0.15, 0.2) is 11.5 Å². The fraction of sp³-hybridized carbons (Fsp3) is 0.241. The highest BCUT2D eigenvalue weighted by Crippen LogP contribution is 2.31. The Kier molecular flexibility index (Phi) is 6.92. The molecule has 0 saturated heterocycles. The van der Waals surface area contributed by atoms with Crippen LogP contribution in [0.25, 0.3) is 11.3 Å². The molecule has 0 radical (unpaired) electrons. The average molecular weight is 469 g/mol. The molecule has 0 amide bonds. The molecule has 0 N–H and O–H groups in total. The smallest absolute Gasteiger partial charge is 0.211 e. The van der Waals surface area contributed by atoms with Crippen LogP contribution in [0.4, 0.5) is 11.4 Å². The van der Waals surface area contributed by atoms with Crippen LogP contribution >= 0.6 is 0 Å². The topological polar surface area (TPSA) is 53.0 Å². The first-order chi connectivity index (χ1) is 16.8. The van der Waals surface area contributed by atoms with Crippen LogP contribution in [0.2, 0.25) is 0 Å². The fourth-order valence-corrected chi connectivity index (χ4v) is 4.36. The van der Waals surface area contributed by atoms with Crippen molar-refractivity contribution in [2.45, 2.75) is 20.8 Å².